The molecule has 2 aromatic rings. The Bertz CT molecular complexity index is 611. The van der Waals surface area contributed by atoms with Gasteiger partial charge in [-0.2, -0.15) is 0 Å². The SMILES string of the molecule is CCc1nc(C)ccc1Oc1ccc(F)cc1C(C)N. The maximum atomic E-state index is 13.3. The maximum absolute atomic E-state index is 13.3. The summed E-state index contributed by atoms with van der Waals surface area (Å²) in [5.74, 6) is 0.941. The van der Waals surface area contributed by atoms with Crippen molar-refractivity contribution in [1.82, 2.24) is 4.98 Å². The third-order valence-electron chi connectivity index (χ3n) is 3.09. The summed E-state index contributed by atoms with van der Waals surface area (Å²) in [4.78, 5) is 4.45. The van der Waals surface area contributed by atoms with Gasteiger partial charge in [-0.15, -0.1) is 0 Å². The van der Waals surface area contributed by atoms with Crippen molar-refractivity contribution in [3.8, 4) is 11.5 Å². The summed E-state index contributed by atoms with van der Waals surface area (Å²) >= 11 is 0. The first-order valence-corrected chi connectivity index (χ1v) is 6.70. The van der Waals surface area contributed by atoms with Gasteiger partial charge >= 0.3 is 0 Å². The van der Waals surface area contributed by atoms with Gasteiger partial charge in [-0.25, -0.2) is 4.39 Å². The molecule has 1 aromatic carbocycles. The zero-order valence-corrected chi connectivity index (χ0v) is 12.0. The Labute approximate surface area is 118 Å². The van der Waals surface area contributed by atoms with Gasteiger partial charge in [-0.05, 0) is 50.6 Å². The number of aryl methyl sites for hydroxylation is 2. The molecule has 1 heterocycles. The number of rotatable bonds is 4. The van der Waals surface area contributed by atoms with Gasteiger partial charge in [0.05, 0.1) is 5.69 Å². The Morgan fingerprint density at radius 1 is 1.25 bits per heavy atom. The monoisotopic (exact) mass is 274 g/mol. The lowest BCUT2D eigenvalue weighted by Crippen LogP contribution is -2.07. The number of nitrogens with zero attached hydrogens (tertiary/aromatic N) is 1. The van der Waals surface area contributed by atoms with Crippen molar-refractivity contribution >= 4 is 0 Å². The van der Waals surface area contributed by atoms with Gasteiger partial charge in [-0.3, -0.25) is 4.98 Å². The minimum Gasteiger partial charge on any atom is -0.455 e. The smallest absolute Gasteiger partial charge is 0.148 e. The molecule has 3 nitrogen and oxygen atoms in total. The van der Waals surface area contributed by atoms with E-state index >= 15 is 0 Å². The number of hydrogen-bond donors (Lipinski definition) is 1. The predicted molar refractivity (Wildman–Crippen MR) is 77.4 cm³/mol. The third-order valence-corrected chi connectivity index (χ3v) is 3.09. The molecule has 2 rings (SSSR count). The van der Waals surface area contributed by atoms with Crippen molar-refractivity contribution in [3.05, 3.63) is 53.1 Å². The van der Waals surface area contributed by atoms with Crippen LogP contribution in [0.3, 0.4) is 0 Å². The zero-order valence-electron chi connectivity index (χ0n) is 12.0. The molecule has 1 atom stereocenters. The predicted octanol–water partition coefficient (Wildman–Crippen LogP) is 3.90. The zero-order chi connectivity index (χ0) is 14.7. The summed E-state index contributed by atoms with van der Waals surface area (Å²) in [6.07, 6.45) is 0.770. The summed E-state index contributed by atoms with van der Waals surface area (Å²) in [5.41, 5.74) is 8.34. The quantitative estimate of drug-likeness (QED) is 0.919. The van der Waals surface area contributed by atoms with Crippen molar-refractivity contribution in [2.75, 3.05) is 0 Å². The molecule has 4 heteroatoms. The molecule has 0 aliphatic rings. The van der Waals surface area contributed by atoms with Crippen LogP contribution in [0.5, 0.6) is 11.5 Å². The van der Waals surface area contributed by atoms with Crippen molar-refractivity contribution in [1.29, 1.82) is 0 Å². The van der Waals surface area contributed by atoms with Crippen LogP contribution in [0.4, 0.5) is 4.39 Å². The number of nitrogens with two attached hydrogens (primary N) is 1. The fourth-order valence-electron chi connectivity index (χ4n) is 2.03. The number of aromatic nitrogens is 1. The summed E-state index contributed by atoms with van der Waals surface area (Å²) in [5, 5.41) is 0. The van der Waals surface area contributed by atoms with E-state index in [1.807, 2.05) is 26.0 Å². The van der Waals surface area contributed by atoms with E-state index < -0.39 is 0 Å². The van der Waals surface area contributed by atoms with Crippen molar-refractivity contribution in [2.24, 2.45) is 5.73 Å². The first-order valence-electron chi connectivity index (χ1n) is 6.70. The van der Waals surface area contributed by atoms with Crippen molar-refractivity contribution in [3.63, 3.8) is 0 Å². The van der Waals surface area contributed by atoms with E-state index in [9.17, 15) is 4.39 Å². The van der Waals surface area contributed by atoms with Gasteiger partial charge in [0.25, 0.3) is 0 Å². The Kier molecular flexibility index (Phi) is 4.35. The van der Waals surface area contributed by atoms with Crippen LogP contribution in [0.15, 0.2) is 30.3 Å². The molecule has 0 aliphatic heterocycles. The lowest BCUT2D eigenvalue weighted by Gasteiger charge is -2.15. The Morgan fingerprint density at radius 3 is 2.60 bits per heavy atom. The number of ether oxygens (including phenoxy) is 1. The molecule has 2 N–H and O–H groups in total. The van der Waals surface area contributed by atoms with Crippen LogP contribution in [0, 0.1) is 12.7 Å². The van der Waals surface area contributed by atoms with E-state index in [1.165, 1.54) is 12.1 Å². The summed E-state index contributed by atoms with van der Waals surface area (Å²) in [6, 6.07) is 7.86. The largest absolute Gasteiger partial charge is 0.455 e. The molecule has 1 unspecified atom stereocenters. The average Bonchev–Trinajstić information content (AvgIpc) is 2.42. The molecule has 0 fully saturated rings. The number of halogens is 1. The molecule has 0 amide bonds. The Hall–Kier alpha value is -1.94. The number of benzene rings is 1. The van der Waals surface area contributed by atoms with Crippen LogP contribution >= 0.6 is 0 Å². The van der Waals surface area contributed by atoms with Crippen molar-refractivity contribution < 1.29 is 9.13 Å². The standard InChI is InChI=1S/C16H19FN2O/c1-4-14-16(7-5-10(2)19-14)20-15-8-6-12(17)9-13(15)11(3)18/h5-9,11H,4,18H2,1-3H3. The molecule has 0 saturated carbocycles. The topological polar surface area (TPSA) is 48.1 Å². The Balaban J connectivity index is 2.39. The average molecular weight is 274 g/mol. The molecule has 1 aromatic heterocycles. The highest BCUT2D eigenvalue weighted by Gasteiger charge is 2.12. The van der Waals surface area contributed by atoms with E-state index in [1.54, 1.807) is 13.0 Å². The summed E-state index contributed by atoms with van der Waals surface area (Å²) < 4.78 is 19.2. The molecule has 0 saturated heterocycles. The van der Waals surface area contributed by atoms with Gasteiger partial charge in [-0.1, -0.05) is 6.92 Å². The van der Waals surface area contributed by atoms with Crippen LogP contribution < -0.4 is 10.5 Å². The first-order chi connectivity index (χ1) is 9.51. The molecule has 0 aliphatic carbocycles. The van der Waals surface area contributed by atoms with Gasteiger partial charge in [0.1, 0.15) is 17.3 Å². The molecule has 106 valence electrons. The third kappa shape index (κ3) is 3.14. The minimum absolute atomic E-state index is 0.302. The second-order valence-corrected chi connectivity index (χ2v) is 4.82. The maximum Gasteiger partial charge on any atom is 0.148 e. The van der Waals surface area contributed by atoms with E-state index in [4.69, 9.17) is 10.5 Å². The molecule has 20 heavy (non-hydrogen) atoms. The molecular formula is C16H19FN2O. The van der Waals surface area contributed by atoms with E-state index in [0.29, 0.717) is 17.1 Å². The van der Waals surface area contributed by atoms with Crippen LogP contribution in [0.25, 0.3) is 0 Å². The van der Waals surface area contributed by atoms with Gasteiger partial charge in [0.2, 0.25) is 0 Å². The van der Waals surface area contributed by atoms with Gasteiger partial charge in [0, 0.05) is 17.3 Å². The minimum atomic E-state index is -0.317. The molecule has 0 bridgehead atoms. The van der Waals surface area contributed by atoms with Crippen LogP contribution in [-0.2, 0) is 6.42 Å². The van der Waals surface area contributed by atoms with Crippen LogP contribution in [-0.4, -0.2) is 4.98 Å². The fourth-order valence-corrected chi connectivity index (χ4v) is 2.03. The second-order valence-electron chi connectivity index (χ2n) is 4.82. The van der Waals surface area contributed by atoms with Crippen LogP contribution in [0.2, 0.25) is 0 Å². The normalized spacial score (nSPS) is 12.2. The molecule has 0 spiro atoms. The Morgan fingerprint density at radius 2 is 1.95 bits per heavy atom. The van der Waals surface area contributed by atoms with Crippen LogP contribution in [0.1, 0.15) is 36.8 Å². The number of pyridine rings is 1. The highest BCUT2D eigenvalue weighted by molar-refractivity contribution is 5.41. The lowest BCUT2D eigenvalue weighted by molar-refractivity contribution is 0.460. The van der Waals surface area contributed by atoms with E-state index in [0.717, 1.165) is 17.8 Å². The highest BCUT2D eigenvalue weighted by Crippen LogP contribution is 2.31. The first kappa shape index (κ1) is 14.5. The van der Waals surface area contributed by atoms with Crippen molar-refractivity contribution in [2.45, 2.75) is 33.2 Å². The molecule has 0 radical (unpaired) electrons. The van der Waals surface area contributed by atoms with Gasteiger partial charge < -0.3 is 10.5 Å². The fraction of sp³-hybridized carbons (Fsp3) is 0.312. The van der Waals surface area contributed by atoms with E-state index in [2.05, 4.69) is 4.98 Å². The summed E-state index contributed by atoms with van der Waals surface area (Å²) in [7, 11) is 0. The van der Waals surface area contributed by atoms with Gasteiger partial charge in [0.15, 0.2) is 0 Å². The number of hydrogen-bond acceptors (Lipinski definition) is 3. The van der Waals surface area contributed by atoms with E-state index in [-0.39, 0.29) is 11.9 Å². The second kappa shape index (κ2) is 6.01. The summed E-state index contributed by atoms with van der Waals surface area (Å²) in [6.45, 7) is 5.76. The lowest BCUT2D eigenvalue weighted by atomic mass is 10.1. The highest BCUT2D eigenvalue weighted by atomic mass is 19.1. The molecular weight excluding hydrogens is 255 g/mol.